The van der Waals surface area contributed by atoms with Crippen molar-refractivity contribution in [3.05, 3.63) is 143 Å². The van der Waals surface area contributed by atoms with Gasteiger partial charge in [-0.3, -0.25) is 4.90 Å². The van der Waals surface area contributed by atoms with Gasteiger partial charge in [-0.05, 0) is 41.8 Å². The Labute approximate surface area is 294 Å². The quantitative estimate of drug-likeness (QED) is 0.131. The van der Waals surface area contributed by atoms with Crippen LogP contribution in [0.15, 0.2) is 109 Å². The smallest absolute Gasteiger partial charge is 0.328 e. The van der Waals surface area contributed by atoms with E-state index in [9.17, 15) is 19.8 Å². The van der Waals surface area contributed by atoms with Gasteiger partial charge in [0, 0.05) is 37.5 Å². The highest BCUT2D eigenvalue weighted by Gasteiger charge is 2.34. The van der Waals surface area contributed by atoms with Crippen molar-refractivity contribution in [2.45, 2.75) is 69.6 Å². The minimum absolute atomic E-state index is 0.0327. The van der Waals surface area contributed by atoms with Crippen molar-refractivity contribution in [2.24, 2.45) is 0 Å². The number of likely N-dealkylation sites (N-methyl/N-ethyl adjacent to an activating group) is 1. The monoisotopic (exact) mass is 681 g/mol. The van der Waals surface area contributed by atoms with Gasteiger partial charge in [-0.1, -0.05) is 109 Å². The van der Waals surface area contributed by atoms with Gasteiger partial charge in [-0.2, -0.15) is 0 Å². The van der Waals surface area contributed by atoms with Gasteiger partial charge in [0.05, 0.1) is 32.0 Å². The third-order valence-electron chi connectivity index (χ3n) is 9.18. The Morgan fingerprint density at radius 1 is 0.860 bits per heavy atom. The lowest BCUT2D eigenvalue weighted by Gasteiger charge is -2.39. The molecule has 0 aromatic heterocycles. The van der Waals surface area contributed by atoms with Gasteiger partial charge in [-0.25, -0.2) is 9.59 Å². The number of rotatable bonds is 14. The number of aliphatic hydroxyl groups excluding tert-OH is 2. The van der Waals surface area contributed by atoms with E-state index < -0.39 is 30.4 Å². The summed E-state index contributed by atoms with van der Waals surface area (Å²) in [6.45, 7) is 2.79. The normalized spacial score (nSPS) is 19.3. The fraction of sp³-hybridized carbons (Fsp3) is 0.350. The molecule has 0 unspecified atom stereocenters. The molecular weight excluding hydrogens is 634 g/mol. The van der Waals surface area contributed by atoms with Crippen LogP contribution in [0.4, 0.5) is 4.79 Å². The number of esters is 1. The summed E-state index contributed by atoms with van der Waals surface area (Å²) in [5.41, 5.74) is 5.27. The minimum Gasteiger partial charge on any atom is -0.467 e. The molecule has 0 radical (unpaired) electrons. The van der Waals surface area contributed by atoms with E-state index in [1.165, 1.54) is 7.11 Å². The first-order valence-electron chi connectivity index (χ1n) is 16.9. The van der Waals surface area contributed by atoms with E-state index in [0.717, 1.165) is 33.4 Å². The van der Waals surface area contributed by atoms with Crippen molar-refractivity contribution in [3.8, 4) is 0 Å². The van der Waals surface area contributed by atoms with Gasteiger partial charge in [-0.15, -0.1) is 0 Å². The van der Waals surface area contributed by atoms with E-state index in [-0.39, 0.29) is 31.4 Å². The molecule has 1 aliphatic rings. The van der Waals surface area contributed by atoms with Crippen molar-refractivity contribution < 1.29 is 34.0 Å². The van der Waals surface area contributed by atoms with Crippen LogP contribution in [0, 0.1) is 0 Å². The number of carbonyl (C=O) groups is 2. The number of nitrogens with zero attached hydrogens (tertiary/aromatic N) is 1. The number of hydrogen-bond donors (Lipinski definition) is 4. The first-order chi connectivity index (χ1) is 24.2. The molecule has 2 amide bonds. The highest BCUT2D eigenvalue weighted by molar-refractivity contribution is 5.83. The maximum absolute atomic E-state index is 12.8. The summed E-state index contributed by atoms with van der Waals surface area (Å²) >= 11 is 0. The number of aliphatic hydroxyl groups is 2. The van der Waals surface area contributed by atoms with Crippen LogP contribution in [0.5, 0.6) is 0 Å². The van der Waals surface area contributed by atoms with Gasteiger partial charge in [0.15, 0.2) is 6.29 Å². The molecule has 1 heterocycles. The molecule has 0 bridgehead atoms. The molecule has 1 saturated heterocycles. The SMILES string of the molecule is COC(=O)[C@H](Cc1ccccc1)NC(=O)NCc1ccc([C@H]2O[C@@H](CN(C)[C@@H](C)[C@H](O)c3ccccc3)C[C@@H](c3ccc(CO)cc3)O2)cc1. The fourth-order valence-electron chi connectivity index (χ4n) is 6.06. The molecule has 4 aromatic rings. The molecule has 5 rings (SSSR count). The summed E-state index contributed by atoms with van der Waals surface area (Å²) in [6.07, 6.45) is -0.831. The molecule has 50 heavy (non-hydrogen) atoms. The number of methoxy groups -OCH3 is 1. The van der Waals surface area contributed by atoms with Crippen molar-refractivity contribution in [1.82, 2.24) is 15.5 Å². The zero-order valence-corrected chi connectivity index (χ0v) is 28.8. The number of ether oxygens (including phenoxy) is 3. The van der Waals surface area contributed by atoms with Gasteiger partial charge >= 0.3 is 12.0 Å². The molecule has 1 fully saturated rings. The van der Waals surface area contributed by atoms with Gasteiger partial charge in [0.1, 0.15) is 6.04 Å². The lowest BCUT2D eigenvalue weighted by atomic mass is 9.98. The second-order valence-electron chi connectivity index (χ2n) is 12.7. The van der Waals surface area contributed by atoms with E-state index in [2.05, 4.69) is 15.5 Å². The maximum atomic E-state index is 12.8. The molecule has 0 saturated carbocycles. The van der Waals surface area contributed by atoms with E-state index in [0.29, 0.717) is 19.4 Å². The average Bonchev–Trinajstić information content (AvgIpc) is 3.16. The standard InChI is InChI=1S/C40H47N3O7/c1-27(37(45)32-12-8-5-9-13-32)43(2)25-34-23-36(31-18-16-30(26-44)17-19-31)50-39(49-34)33-20-14-29(15-21-33)24-41-40(47)42-35(38(46)48-3)22-28-10-6-4-7-11-28/h4-21,27,34-37,39,44-45H,22-26H2,1-3H3,(H2,41,42,47)/t27-,34+,35-,36-,37-,39-/m0/s1. The third kappa shape index (κ3) is 9.99. The highest BCUT2D eigenvalue weighted by Crippen LogP contribution is 2.38. The van der Waals surface area contributed by atoms with Crippen LogP contribution in [0.1, 0.15) is 65.2 Å². The Morgan fingerprint density at radius 3 is 2.12 bits per heavy atom. The fourth-order valence-corrected chi connectivity index (χ4v) is 6.06. The summed E-state index contributed by atoms with van der Waals surface area (Å²) in [4.78, 5) is 27.2. The van der Waals surface area contributed by atoms with Crippen LogP contribution < -0.4 is 10.6 Å². The van der Waals surface area contributed by atoms with Gasteiger partial charge in [0.2, 0.25) is 0 Å². The molecule has 264 valence electrons. The molecule has 4 N–H and O–H groups in total. The predicted octanol–water partition coefficient (Wildman–Crippen LogP) is 5.36. The third-order valence-corrected chi connectivity index (χ3v) is 9.18. The summed E-state index contributed by atoms with van der Waals surface area (Å²) in [6, 6.07) is 33.0. The summed E-state index contributed by atoms with van der Waals surface area (Å²) in [7, 11) is 3.29. The van der Waals surface area contributed by atoms with E-state index in [1.54, 1.807) is 0 Å². The van der Waals surface area contributed by atoms with Crippen LogP contribution in [0.3, 0.4) is 0 Å². The topological polar surface area (TPSA) is 130 Å². The first kappa shape index (κ1) is 36.7. The number of carbonyl (C=O) groups excluding carboxylic acids is 2. The Morgan fingerprint density at radius 2 is 1.48 bits per heavy atom. The molecular formula is C40H47N3O7. The molecule has 10 heteroatoms. The van der Waals surface area contributed by atoms with Crippen molar-refractivity contribution >= 4 is 12.0 Å². The van der Waals surface area contributed by atoms with Gasteiger partial charge in [0.25, 0.3) is 0 Å². The zero-order chi connectivity index (χ0) is 35.5. The lowest BCUT2D eigenvalue weighted by Crippen LogP contribution is -2.47. The second kappa shape index (κ2) is 17.9. The lowest BCUT2D eigenvalue weighted by molar-refractivity contribution is -0.253. The maximum Gasteiger partial charge on any atom is 0.328 e. The number of amides is 2. The highest BCUT2D eigenvalue weighted by atomic mass is 16.7. The molecule has 1 aliphatic heterocycles. The Bertz CT molecular complexity index is 1640. The number of nitrogens with one attached hydrogen (secondary N) is 2. The summed E-state index contributed by atoms with van der Waals surface area (Å²) in [5.74, 6) is -0.519. The van der Waals surface area contributed by atoms with Crippen LogP contribution in [-0.2, 0) is 38.6 Å². The Kier molecular flexibility index (Phi) is 13.1. The van der Waals surface area contributed by atoms with E-state index in [1.807, 2.05) is 123 Å². The average molecular weight is 682 g/mol. The minimum atomic E-state index is -0.824. The predicted molar refractivity (Wildman–Crippen MR) is 190 cm³/mol. The number of urea groups is 1. The zero-order valence-electron chi connectivity index (χ0n) is 28.8. The van der Waals surface area contributed by atoms with Crippen LogP contribution in [-0.4, -0.2) is 66.0 Å². The van der Waals surface area contributed by atoms with Crippen LogP contribution in [0.25, 0.3) is 0 Å². The number of benzene rings is 4. The summed E-state index contributed by atoms with van der Waals surface area (Å²) < 4.78 is 17.9. The summed E-state index contributed by atoms with van der Waals surface area (Å²) in [5, 5.41) is 26.2. The van der Waals surface area contributed by atoms with Gasteiger partial charge < -0.3 is 35.1 Å². The second-order valence-corrected chi connectivity index (χ2v) is 12.7. The van der Waals surface area contributed by atoms with Crippen molar-refractivity contribution in [3.63, 3.8) is 0 Å². The largest absolute Gasteiger partial charge is 0.467 e. The van der Waals surface area contributed by atoms with E-state index in [4.69, 9.17) is 14.2 Å². The molecule has 0 aliphatic carbocycles. The van der Waals surface area contributed by atoms with Crippen LogP contribution in [0.2, 0.25) is 0 Å². The molecule has 10 nitrogen and oxygen atoms in total. The first-order valence-corrected chi connectivity index (χ1v) is 16.9. The van der Waals surface area contributed by atoms with Crippen LogP contribution >= 0.6 is 0 Å². The van der Waals surface area contributed by atoms with E-state index >= 15 is 0 Å². The molecule has 4 aromatic carbocycles. The molecule has 0 spiro atoms. The Hall–Kier alpha value is -4.58. The van der Waals surface area contributed by atoms with Crippen molar-refractivity contribution in [2.75, 3.05) is 20.7 Å². The Balaban J connectivity index is 1.23. The number of hydrogen-bond acceptors (Lipinski definition) is 8. The van der Waals surface area contributed by atoms with Crippen molar-refractivity contribution in [1.29, 1.82) is 0 Å². The molecule has 6 atom stereocenters.